The SMILES string of the molecule is CCN1CC[C@H](C(=O)NCc2cc(F)ccc2N(c2ccc3c(c2C(=O)O)OC[C@@H]2C[C@H]32)[SH](=O)=O)C1. The number of carbonyl (C=O) groups is 2. The molecule has 9 nitrogen and oxygen atoms in total. The number of benzene rings is 2. The number of nitrogens with zero attached hydrogens (tertiary/aromatic N) is 2. The number of ether oxygens (including phenoxy) is 1. The molecule has 3 aliphatic rings. The maximum atomic E-state index is 14.2. The first-order chi connectivity index (χ1) is 17.3. The molecule has 1 amide bonds. The Bertz CT molecular complexity index is 1290. The topological polar surface area (TPSA) is 116 Å². The predicted molar refractivity (Wildman–Crippen MR) is 131 cm³/mol. The Labute approximate surface area is 209 Å². The molecule has 5 rings (SSSR count). The van der Waals surface area contributed by atoms with Gasteiger partial charge in [0.05, 0.1) is 23.9 Å². The molecule has 1 saturated heterocycles. The van der Waals surface area contributed by atoms with Crippen molar-refractivity contribution >= 4 is 34.1 Å². The fraction of sp³-hybridized carbons (Fsp3) is 0.440. The quantitative estimate of drug-likeness (QED) is 0.461. The minimum Gasteiger partial charge on any atom is -0.492 e. The number of amides is 1. The number of thiol groups is 1. The van der Waals surface area contributed by atoms with Crippen molar-refractivity contribution in [2.45, 2.75) is 32.2 Å². The second-order valence-electron chi connectivity index (χ2n) is 9.52. The second-order valence-corrected chi connectivity index (χ2v) is 10.4. The Hall–Kier alpha value is -3.18. The first-order valence-electron chi connectivity index (χ1n) is 12.0. The summed E-state index contributed by atoms with van der Waals surface area (Å²) in [5, 5.41) is 12.8. The Morgan fingerprint density at radius 2 is 2.03 bits per heavy atom. The smallest absolute Gasteiger partial charge is 0.341 e. The lowest BCUT2D eigenvalue weighted by Gasteiger charge is -2.26. The van der Waals surface area contributed by atoms with Gasteiger partial charge in [-0.05, 0) is 67.2 Å². The number of hydrogen-bond acceptors (Lipinski definition) is 6. The number of nitrogens with one attached hydrogen (secondary N) is 1. The van der Waals surface area contributed by atoms with Gasteiger partial charge in [-0.3, -0.25) is 4.79 Å². The van der Waals surface area contributed by atoms with Crippen LogP contribution in [-0.2, 0) is 22.2 Å². The van der Waals surface area contributed by atoms with Crippen LogP contribution < -0.4 is 14.4 Å². The van der Waals surface area contributed by atoms with E-state index < -0.39 is 22.7 Å². The Morgan fingerprint density at radius 1 is 1.25 bits per heavy atom. The van der Waals surface area contributed by atoms with E-state index in [4.69, 9.17) is 4.74 Å². The summed E-state index contributed by atoms with van der Waals surface area (Å²) in [6.45, 7) is 4.61. The molecule has 36 heavy (non-hydrogen) atoms. The van der Waals surface area contributed by atoms with Crippen molar-refractivity contribution in [3.63, 3.8) is 0 Å². The zero-order valence-corrected chi connectivity index (χ0v) is 20.7. The highest BCUT2D eigenvalue weighted by atomic mass is 32.2. The van der Waals surface area contributed by atoms with Gasteiger partial charge in [0.15, 0.2) is 0 Å². The molecule has 0 aromatic heterocycles. The van der Waals surface area contributed by atoms with Gasteiger partial charge in [0.25, 0.3) is 0 Å². The van der Waals surface area contributed by atoms with Gasteiger partial charge < -0.3 is 20.1 Å². The van der Waals surface area contributed by atoms with E-state index in [1.165, 1.54) is 12.1 Å². The number of aromatic carboxylic acids is 1. The number of hydrogen-bond donors (Lipinski definition) is 3. The fourth-order valence-electron chi connectivity index (χ4n) is 5.29. The van der Waals surface area contributed by atoms with Crippen molar-refractivity contribution < 1.29 is 32.2 Å². The number of fused-ring (bicyclic) bond motifs is 3. The molecule has 0 spiro atoms. The Balaban J connectivity index is 1.49. The van der Waals surface area contributed by atoms with Crippen molar-refractivity contribution in [2.24, 2.45) is 11.8 Å². The van der Waals surface area contributed by atoms with E-state index in [0.29, 0.717) is 25.5 Å². The van der Waals surface area contributed by atoms with Crippen LogP contribution in [0.15, 0.2) is 30.3 Å². The average Bonchev–Trinajstić information content (AvgIpc) is 3.49. The van der Waals surface area contributed by atoms with Gasteiger partial charge in [-0.1, -0.05) is 13.0 Å². The zero-order chi connectivity index (χ0) is 25.6. The molecule has 1 saturated carbocycles. The molecule has 192 valence electrons. The summed E-state index contributed by atoms with van der Waals surface area (Å²) in [6, 6.07) is 6.70. The van der Waals surface area contributed by atoms with E-state index in [1.807, 2.05) is 6.92 Å². The molecule has 2 N–H and O–H groups in total. The van der Waals surface area contributed by atoms with Crippen LogP contribution in [0.1, 0.15) is 47.2 Å². The van der Waals surface area contributed by atoms with Gasteiger partial charge in [-0.25, -0.2) is 21.9 Å². The highest BCUT2D eigenvalue weighted by Gasteiger charge is 2.45. The first kappa shape index (κ1) is 24.5. The van der Waals surface area contributed by atoms with E-state index in [9.17, 15) is 27.5 Å². The van der Waals surface area contributed by atoms with E-state index in [2.05, 4.69) is 10.2 Å². The molecule has 2 fully saturated rings. The maximum Gasteiger partial charge on any atom is 0.341 e. The first-order valence-corrected chi connectivity index (χ1v) is 13.2. The van der Waals surface area contributed by atoms with Crippen LogP contribution >= 0.6 is 0 Å². The van der Waals surface area contributed by atoms with Crippen LogP contribution in [0.3, 0.4) is 0 Å². The predicted octanol–water partition coefficient (Wildman–Crippen LogP) is 2.64. The van der Waals surface area contributed by atoms with E-state index in [0.717, 1.165) is 41.5 Å². The number of likely N-dealkylation sites (tertiary alicyclic amines) is 1. The number of halogens is 1. The van der Waals surface area contributed by atoms with E-state index >= 15 is 0 Å². The van der Waals surface area contributed by atoms with Gasteiger partial charge in [0, 0.05) is 19.0 Å². The highest BCUT2D eigenvalue weighted by molar-refractivity contribution is 7.74. The number of anilines is 2. The zero-order valence-electron chi connectivity index (χ0n) is 19.8. The minimum absolute atomic E-state index is 0.0666. The third-order valence-corrected chi connectivity index (χ3v) is 8.11. The van der Waals surface area contributed by atoms with Crippen LogP contribution in [0.4, 0.5) is 15.8 Å². The maximum absolute atomic E-state index is 14.2. The van der Waals surface area contributed by atoms with Gasteiger partial charge in [-0.2, -0.15) is 0 Å². The minimum atomic E-state index is -3.37. The van der Waals surface area contributed by atoms with Crippen molar-refractivity contribution in [1.82, 2.24) is 10.2 Å². The van der Waals surface area contributed by atoms with Crippen molar-refractivity contribution in [3.05, 3.63) is 52.8 Å². The number of rotatable bonds is 8. The molecule has 0 radical (unpaired) electrons. The van der Waals surface area contributed by atoms with Crippen molar-refractivity contribution in [1.29, 1.82) is 0 Å². The summed E-state index contributed by atoms with van der Waals surface area (Å²) < 4.78 is 45.8. The van der Waals surface area contributed by atoms with Gasteiger partial charge >= 0.3 is 5.97 Å². The molecular weight excluding hydrogens is 489 g/mol. The van der Waals surface area contributed by atoms with E-state index in [1.54, 1.807) is 6.07 Å². The lowest BCUT2D eigenvalue weighted by Crippen LogP contribution is -2.33. The number of carboxylic acids is 1. The van der Waals surface area contributed by atoms with Gasteiger partial charge in [0.1, 0.15) is 17.1 Å². The molecule has 2 aromatic rings. The lowest BCUT2D eigenvalue weighted by molar-refractivity contribution is -0.124. The highest BCUT2D eigenvalue weighted by Crippen LogP contribution is 2.55. The van der Waals surface area contributed by atoms with Crippen LogP contribution in [0.5, 0.6) is 5.75 Å². The largest absolute Gasteiger partial charge is 0.492 e. The third kappa shape index (κ3) is 4.53. The molecule has 1 aliphatic carbocycles. The summed E-state index contributed by atoms with van der Waals surface area (Å²) in [4.78, 5) is 27.2. The van der Waals surface area contributed by atoms with Gasteiger partial charge in [0.2, 0.25) is 16.8 Å². The van der Waals surface area contributed by atoms with Crippen molar-refractivity contribution in [3.8, 4) is 5.75 Å². The summed E-state index contributed by atoms with van der Waals surface area (Å²) in [5.41, 5.74) is 0.701. The molecule has 2 heterocycles. The summed E-state index contributed by atoms with van der Waals surface area (Å²) in [7, 11) is -3.37. The number of carboxylic acid groups (broad SMARTS) is 1. The van der Waals surface area contributed by atoms with Crippen molar-refractivity contribution in [2.75, 3.05) is 30.5 Å². The average molecular weight is 518 g/mol. The molecule has 0 bridgehead atoms. The standard InChI is InChI=1S/C25H28FN3O6S/c1-2-28-8-7-14(12-28)24(30)27-11-15-9-17(26)3-5-20(15)29(36(33)34)21-6-4-18-19-10-16(19)13-35-23(18)22(21)25(31)32/h3-6,9,14,16,19,36H,2,7-8,10-13H2,1H3,(H,27,30)(H,31,32)/t14-,16-,19-/m0/s1. The number of carbonyl (C=O) groups excluding carboxylic acids is 1. The molecule has 11 heteroatoms. The Kier molecular flexibility index (Phi) is 6.60. The Morgan fingerprint density at radius 3 is 2.72 bits per heavy atom. The van der Waals surface area contributed by atoms with Crippen LogP contribution in [0, 0.1) is 17.7 Å². The van der Waals surface area contributed by atoms with E-state index in [-0.39, 0.29) is 52.5 Å². The van der Waals surface area contributed by atoms with Crippen LogP contribution in [-0.4, -0.2) is 56.5 Å². The molecule has 2 aromatic carbocycles. The molecule has 3 atom stereocenters. The molecule has 0 unspecified atom stereocenters. The summed E-state index contributed by atoms with van der Waals surface area (Å²) in [6.07, 6.45) is 1.62. The van der Waals surface area contributed by atoms with Crippen LogP contribution in [0.25, 0.3) is 0 Å². The van der Waals surface area contributed by atoms with Crippen LogP contribution in [0.2, 0.25) is 0 Å². The summed E-state index contributed by atoms with van der Waals surface area (Å²) in [5.74, 6) is -1.56. The fourth-order valence-corrected chi connectivity index (χ4v) is 6.00. The third-order valence-electron chi connectivity index (χ3n) is 7.35. The molecular formula is C25H28FN3O6S. The molecule has 2 aliphatic heterocycles. The lowest BCUT2D eigenvalue weighted by atomic mass is 9.99. The second kappa shape index (κ2) is 9.70. The van der Waals surface area contributed by atoms with Gasteiger partial charge in [-0.15, -0.1) is 0 Å². The summed E-state index contributed by atoms with van der Waals surface area (Å²) >= 11 is 0. The normalized spacial score (nSPS) is 22.5. The monoisotopic (exact) mass is 517 g/mol.